The van der Waals surface area contributed by atoms with Crippen LogP contribution in [0.1, 0.15) is 26.7 Å². The van der Waals surface area contributed by atoms with Crippen molar-refractivity contribution in [1.82, 2.24) is 0 Å². The fourth-order valence-electron chi connectivity index (χ4n) is 0.418. The van der Waals surface area contributed by atoms with E-state index >= 15 is 0 Å². The number of hydrogen-bond acceptors (Lipinski definition) is 2. The molecule has 0 aromatic heterocycles. The van der Waals surface area contributed by atoms with Crippen LogP contribution in [0.4, 0.5) is 0 Å². The van der Waals surface area contributed by atoms with Gasteiger partial charge in [-0.1, -0.05) is 13.3 Å². The molecule has 0 amide bonds. The molecule has 0 fully saturated rings. The van der Waals surface area contributed by atoms with E-state index in [4.69, 9.17) is 5.11 Å². The predicted octanol–water partition coefficient (Wildman–Crippen LogP) is -2.01. The van der Waals surface area contributed by atoms with Gasteiger partial charge in [-0.3, -0.25) is 0 Å². The monoisotopic (exact) mass is 144 g/mol. The summed E-state index contributed by atoms with van der Waals surface area (Å²) in [5.74, 6) is 0. The zero-order valence-electron chi connectivity index (χ0n) is 5.89. The van der Waals surface area contributed by atoms with Crippen LogP contribution in [0.2, 0.25) is 0 Å². The Morgan fingerprint density at radius 3 is 1.88 bits per heavy atom. The van der Waals surface area contributed by atoms with E-state index in [9.17, 15) is 0 Å². The maximum atomic E-state index is 8.55. The van der Waals surface area contributed by atoms with Gasteiger partial charge in [0, 0.05) is 0 Å². The average Bonchev–Trinajstić information content (AvgIpc) is 1.35. The van der Waals surface area contributed by atoms with Crippen LogP contribution in [0.25, 0.3) is 0 Å². The first-order valence-corrected chi connectivity index (χ1v) is 2.45. The van der Waals surface area contributed by atoms with E-state index in [0.717, 1.165) is 12.8 Å². The first-order valence-electron chi connectivity index (χ1n) is 2.45. The van der Waals surface area contributed by atoms with Crippen LogP contribution in [-0.2, 0) is 0 Å². The summed E-state index contributed by atoms with van der Waals surface area (Å²) >= 11 is 0. The van der Waals surface area contributed by atoms with Gasteiger partial charge in [0.2, 0.25) is 0 Å². The van der Waals surface area contributed by atoms with E-state index in [1.54, 1.807) is 0 Å². The van der Waals surface area contributed by atoms with E-state index in [-0.39, 0.29) is 63.0 Å². The van der Waals surface area contributed by atoms with Crippen LogP contribution in [-0.4, -0.2) is 16.7 Å². The van der Waals surface area contributed by atoms with Crippen LogP contribution in [0.5, 0.6) is 0 Å². The summed E-state index contributed by atoms with van der Waals surface area (Å²) < 4.78 is 0. The minimum Gasteiger partial charge on any atom is -0.870 e. The second-order valence-electron chi connectivity index (χ2n) is 1.64. The molecule has 0 aromatic rings. The Morgan fingerprint density at radius 2 is 1.88 bits per heavy atom. The number of rotatable bonds is 2. The van der Waals surface area contributed by atoms with Gasteiger partial charge in [0.05, 0.1) is 6.10 Å². The predicted molar refractivity (Wildman–Crippen MR) is 28.5 cm³/mol. The molecule has 2 nitrogen and oxygen atoms in total. The number of aliphatic hydroxyl groups is 1. The minimum atomic E-state index is -0.102. The van der Waals surface area contributed by atoms with Crippen molar-refractivity contribution < 1.29 is 62.0 Å². The van der Waals surface area contributed by atoms with Crippen LogP contribution >= 0.6 is 0 Å². The molecule has 0 aromatic carbocycles. The van der Waals surface area contributed by atoms with E-state index in [2.05, 4.69) is 6.92 Å². The summed E-state index contributed by atoms with van der Waals surface area (Å²) in [6.45, 7) is 3.87. The quantitative estimate of drug-likeness (QED) is 0.456. The van der Waals surface area contributed by atoms with Crippen LogP contribution in [0, 0.1) is 0 Å². The molecule has 0 heterocycles. The standard InChI is InChI=1S/C5H12O.K.H2O/c1-3-4-5(2)6;;/h5-6H,3-4H2,1-2H3;;1H2/q;+1;/p-1. The molecule has 0 radical (unpaired) electrons. The normalized spacial score (nSPS) is 10.9. The summed E-state index contributed by atoms with van der Waals surface area (Å²) in [5.41, 5.74) is 0. The summed E-state index contributed by atoms with van der Waals surface area (Å²) in [6.07, 6.45) is 1.91. The molecule has 0 aliphatic heterocycles. The molecule has 1 atom stereocenters. The van der Waals surface area contributed by atoms with Crippen molar-refractivity contribution in [3.05, 3.63) is 0 Å². The van der Waals surface area contributed by atoms with E-state index < -0.39 is 0 Å². The van der Waals surface area contributed by atoms with Crippen LogP contribution < -0.4 is 51.4 Å². The van der Waals surface area contributed by atoms with Gasteiger partial charge in [-0.15, -0.1) is 0 Å². The molecule has 0 aliphatic carbocycles. The minimum absolute atomic E-state index is 0. The van der Waals surface area contributed by atoms with Crippen molar-refractivity contribution in [2.45, 2.75) is 32.8 Å². The Bertz CT molecular complexity index is 31.6. The third-order valence-electron chi connectivity index (χ3n) is 0.706. The van der Waals surface area contributed by atoms with Crippen molar-refractivity contribution in [3.63, 3.8) is 0 Å². The third kappa shape index (κ3) is 15.6. The Labute approximate surface area is 93.4 Å². The maximum absolute atomic E-state index is 8.55. The Hall–Kier alpha value is 1.56. The number of aliphatic hydroxyl groups excluding tert-OH is 1. The van der Waals surface area contributed by atoms with Crippen molar-refractivity contribution >= 4 is 0 Å². The van der Waals surface area contributed by atoms with Crippen molar-refractivity contribution in [2.75, 3.05) is 0 Å². The average molecular weight is 144 g/mol. The molecule has 3 heteroatoms. The van der Waals surface area contributed by atoms with Crippen molar-refractivity contribution in [1.29, 1.82) is 0 Å². The van der Waals surface area contributed by atoms with Crippen LogP contribution in [0.15, 0.2) is 0 Å². The van der Waals surface area contributed by atoms with Crippen LogP contribution in [0.3, 0.4) is 0 Å². The van der Waals surface area contributed by atoms with E-state index in [0.29, 0.717) is 0 Å². The summed E-state index contributed by atoms with van der Waals surface area (Å²) in [5, 5.41) is 8.55. The molecule has 8 heavy (non-hydrogen) atoms. The van der Waals surface area contributed by atoms with Crippen molar-refractivity contribution in [3.8, 4) is 0 Å². The fraction of sp³-hybridized carbons (Fsp3) is 1.00. The van der Waals surface area contributed by atoms with E-state index in [1.165, 1.54) is 0 Å². The Balaban J connectivity index is -0.000000125. The molecule has 2 N–H and O–H groups in total. The topological polar surface area (TPSA) is 50.2 Å². The second-order valence-corrected chi connectivity index (χ2v) is 1.64. The Kier molecular flexibility index (Phi) is 23.1. The van der Waals surface area contributed by atoms with Gasteiger partial charge in [0.15, 0.2) is 0 Å². The first-order chi connectivity index (χ1) is 2.77. The van der Waals surface area contributed by atoms with Crippen molar-refractivity contribution in [2.24, 2.45) is 0 Å². The van der Waals surface area contributed by atoms with Gasteiger partial charge in [-0.25, -0.2) is 0 Å². The van der Waals surface area contributed by atoms with Gasteiger partial charge >= 0.3 is 51.4 Å². The number of hydrogen-bond donors (Lipinski definition) is 1. The Morgan fingerprint density at radius 1 is 1.50 bits per heavy atom. The van der Waals surface area contributed by atoms with Gasteiger partial charge in [-0.2, -0.15) is 0 Å². The molecular weight excluding hydrogens is 131 g/mol. The molecule has 0 saturated carbocycles. The summed E-state index contributed by atoms with van der Waals surface area (Å²) in [6, 6.07) is 0. The smallest absolute Gasteiger partial charge is 0.870 e. The maximum Gasteiger partial charge on any atom is 1.00 e. The molecule has 0 rings (SSSR count). The fourth-order valence-corrected chi connectivity index (χ4v) is 0.418. The van der Waals surface area contributed by atoms with Gasteiger partial charge in [-0.05, 0) is 13.3 Å². The van der Waals surface area contributed by atoms with Gasteiger partial charge < -0.3 is 10.6 Å². The second kappa shape index (κ2) is 11.4. The summed E-state index contributed by atoms with van der Waals surface area (Å²) in [7, 11) is 0. The molecule has 0 spiro atoms. The zero-order chi connectivity index (χ0) is 4.99. The van der Waals surface area contributed by atoms with Gasteiger partial charge in [0.25, 0.3) is 0 Å². The molecule has 1 unspecified atom stereocenters. The van der Waals surface area contributed by atoms with Gasteiger partial charge in [0.1, 0.15) is 0 Å². The zero-order valence-corrected chi connectivity index (χ0v) is 9.01. The summed E-state index contributed by atoms with van der Waals surface area (Å²) in [4.78, 5) is 0. The molecular formula is C5H13KO2. The molecule has 0 bridgehead atoms. The SMILES string of the molecule is CCCC(C)O.[K+].[OH-]. The largest absolute Gasteiger partial charge is 1.00 e. The first kappa shape index (κ1) is 16.3. The molecule has 0 aliphatic rings. The van der Waals surface area contributed by atoms with E-state index in [1.807, 2.05) is 6.92 Å². The third-order valence-corrected chi connectivity index (χ3v) is 0.706. The molecule has 0 saturated heterocycles. The molecule has 46 valence electrons.